The largest absolute Gasteiger partial charge is 0.378 e. The molecule has 20 heavy (non-hydrogen) atoms. The van der Waals surface area contributed by atoms with Gasteiger partial charge in [0.1, 0.15) is 0 Å². The molecule has 0 radical (unpaired) electrons. The summed E-state index contributed by atoms with van der Waals surface area (Å²) in [6.07, 6.45) is 19.1. The van der Waals surface area contributed by atoms with Crippen LogP contribution in [0.4, 0.5) is 0 Å². The van der Waals surface area contributed by atoms with Crippen LogP contribution in [-0.4, -0.2) is 12.7 Å². The highest BCUT2D eigenvalue weighted by molar-refractivity contribution is 4.86. The van der Waals surface area contributed by atoms with Crippen LogP contribution in [0, 0.1) is 17.8 Å². The minimum absolute atomic E-state index is 0.581. The first kappa shape index (κ1) is 16.1. The van der Waals surface area contributed by atoms with Gasteiger partial charge in [0.15, 0.2) is 0 Å². The molecule has 1 heteroatoms. The van der Waals surface area contributed by atoms with Crippen LogP contribution in [0.15, 0.2) is 12.2 Å². The second kappa shape index (κ2) is 8.87. The summed E-state index contributed by atoms with van der Waals surface area (Å²) in [5.74, 6) is 3.02. The molecule has 0 aromatic heterocycles. The number of rotatable bonds is 6. The van der Waals surface area contributed by atoms with Crippen LogP contribution in [-0.2, 0) is 4.74 Å². The summed E-state index contributed by atoms with van der Waals surface area (Å²) < 4.78 is 5.92. The summed E-state index contributed by atoms with van der Waals surface area (Å²) >= 11 is 0. The second-order valence-electron chi connectivity index (χ2n) is 6.99. The van der Waals surface area contributed by atoms with Crippen molar-refractivity contribution < 1.29 is 4.74 Å². The predicted molar refractivity (Wildman–Crippen MR) is 86.9 cm³/mol. The zero-order chi connectivity index (χ0) is 14.2. The molecule has 2 aliphatic carbocycles. The van der Waals surface area contributed by atoms with E-state index in [0.29, 0.717) is 6.10 Å². The highest BCUT2D eigenvalue weighted by Crippen LogP contribution is 2.41. The summed E-state index contributed by atoms with van der Waals surface area (Å²) in [4.78, 5) is 0. The van der Waals surface area contributed by atoms with Crippen LogP contribution in [0.1, 0.15) is 78.1 Å². The Kier molecular flexibility index (Phi) is 7.13. The molecule has 1 nitrogen and oxygen atoms in total. The Morgan fingerprint density at radius 1 is 0.900 bits per heavy atom. The standard InChI is InChI=1S/C19H34O/c1-3-5-6-16-7-9-17(10-8-16)18-11-13-19(14-12-18)20-15-4-2/h3,5,16-19H,4,6-15H2,1-2H3/b5-3+. The second-order valence-corrected chi connectivity index (χ2v) is 6.99. The van der Waals surface area contributed by atoms with Crippen molar-refractivity contribution >= 4 is 0 Å². The first-order valence-electron chi connectivity index (χ1n) is 9.06. The molecule has 2 saturated carbocycles. The molecule has 116 valence electrons. The molecule has 0 unspecified atom stereocenters. The number of hydrogen-bond donors (Lipinski definition) is 0. The quantitative estimate of drug-likeness (QED) is 0.562. The van der Waals surface area contributed by atoms with Gasteiger partial charge in [-0.3, -0.25) is 0 Å². The fraction of sp³-hybridized carbons (Fsp3) is 0.895. The Morgan fingerprint density at radius 3 is 2.05 bits per heavy atom. The van der Waals surface area contributed by atoms with Crippen LogP contribution in [0.2, 0.25) is 0 Å². The molecule has 2 aliphatic rings. The number of hydrogen-bond acceptors (Lipinski definition) is 1. The maximum atomic E-state index is 5.92. The van der Waals surface area contributed by atoms with Crippen molar-refractivity contribution in [1.82, 2.24) is 0 Å². The molecule has 0 aromatic carbocycles. The van der Waals surface area contributed by atoms with Crippen LogP contribution >= 0.6 is 0 Å². The van der Waals surface area contributed by atoms with Gasteiger partial charge in [0.2, 0.25) is 0 Å². The zero-order valence-corrected chi connectivity index (χ0v) is 13.7. The molecule has 0 amide bonds. The highest BCUT2D eigenvalue weighted by Gasteiger charge is 2.30. The normalized spacial score (nSPS) is 35.5. The van der Waals surface area contributed by atoms with Crippen molar-refractivity contribution in [2.75, 3.05) is 6.61 Å². The maximum Gasteiger partial charge on any atom is 0.0575 e. The average molecular weight is 278 g/mol. The SMILES string of the molecule is C/C=C/CC1CCC(C2CCC(OCCC)CC2)CC1. The highest BCUT2D eigenvalue weighted by atomic mass is 16.5. The molecule has 0 spiro atoms. The van der Waals surface area contributed by atoms with Crippen molar-refractivity contribution in [3.63, 3.8) is 0 Å². The van der Waals surface area contributed by atoms with Crippen molar-refractivity contribution in [2.24, 2.45) is 17.8 Å². The van der Waals surface area contributed by atoms with Crippen LogP contribution in [0.25, 0.3) is 0 Å². The molecular formula is C19H34O. The molecule has 0 saturated heterocycles. The summed E-state index contributed by atoms with van der Waals surface area (Å²) in [6, 6.07) is 0. The summed E-state index contributed by atoms with van der Waals surface area (Å²) in [5, 5.41) is 0. The van der Waals surface area contributed by atoms with E-state index >= 15 is 0 Å². The van der Waals surface area contributed by atoms with E-state index in [9.17, 15) is 0 Å². The first-order valence-corrected chi connectivity index (χ1v) is 9.06. The fourth-order valence-electron chi connectivity index (χ4n) is 4.24. The smallest absolute Gasteiger partial charge is 0.0575 e. The molecule has 0 bridgehead atoms. The van der Waals surface area contributed by atoms with Gasteiger partial charge in [-0.15, -0.1) is 0 Å². The van der Waals surface area contributed by atoms with Crippen LogP contribution in [0.5, 0.6) is 0 Å². The maximum absolute atomic E-state index is 5.92. The summed E-state index contributed by atoms with van der Waals surface area (Å²) in [5.41, 5.74) is 0. The molecule has 0 N–H and O–H groups in total. The van der Waals surface area contributed by atoms with E-state index in [-0.39, 0.29) is 0 Å². The number of ether oxygens (including phenoxy) is 1. The number of allylic oxidation sites excluding steroid dienone is 2. The monoisotopic (exact) mass is 278 g/mol. The fourth-order valence-corrected chi connectivity index (χ4v) is 4.24. The van der Waals surface area contributed by atoms with Gasteiger partial charge in [-0.1, -0.05) is 19.1 Å². The Morgan fingerprint density at radius 2 is 1.50 bits per heavy atom. The molecule has 2 rings (SSSR count). The van der Waals surface area contributed by atoms with Gasteiger partial charge in [-0.2, -0.15) is 0 Å². The third kappa shape index (κ3) is 4.91. The van der Waals surface area contributed by atoms with Gasteiger partial charge in [0, 0.05) is 6.61 Å². The van der Waals surface area contributed by atoms with Crippen molar-refractivity contribution in [2.45, 2.75) is 84.2 Å². The summed E-state index contributed by atoms with van der Waals surface area (Å²) in [7, 11) is 0. The van der Waals surface area contributed by atoms with Crippen molar-refractivity contribution in [3.05, 3.63) is 12.2 Å². The minimum Gasteiger partial charge on any atom is -0.378 e. The predicted octanol–water partition coefficient (Wildman–Crippen LogP) is 5.74. The molecule has 0 aliphatic heterocycles. The zero-order valence-electron chi connectivity index (χ0n) is 13.7. The topological polar surface area (TPSA) is 9.23 Å². The van der Waals surface area contributed by atoms with E-state index in [1.165, 1.54) is 57.8 Å². The lowest BCUT2D eigenvalue weighted by atomic mass is 9.70. The van der Waals surface area contributed by atoms with Crippen molar-refractivity contribution in [1.29, 1.82) is 0 Å². The Labute approximate surface area is 126 Å². The third-order valence-electron chi connectivity index (χ3n) is 5.54. The van der Waals surface area contributed by atoms with Gasteiger partial charge < -0.3 is 4.74 Å². The van der Waals surface area contributed by atoms with Gasteiger partial charge in [-0.05, 0) is 88.9 Å². The Hall–Kier alpha value is -0.300. The average Bonchev–Trinajstić information content (AvgIpc) is 2.52. The van der Waals surface area contributed by atoms with E-state index < -0.39 is 0 Å². The van der Waals surface area contributed by atoms with E-state index in [1.54, 1.807) is 0 Å². The van der Waals surface area contributed by atoms with Gasteiger partial charge in [0.25, 0.3) is 0 Å². The lowest BCUT2D eigenvalue weighted by Crippen LogP contribution is -2.28. The Balaban J connectivity index is 1.65. The lowest BCUT2D eigenvalue weighted by molar-refractivity contribution is 0.00744. The van der Waals surface area contributed by atoms with Crippen LogP contribution < -0.4 is 0 Å². The third-order valence-corrected chi connectivity index (χ3v) is 5.54. The molecular weight excluding hydrogens is 244 g/mol. The van der Waals surface area contributed by atoms with E-state index in [2.05, 4.69) is 26.0 Å². The Bertz CT molecular complexity index is 267. The summed E-state index contributed by atoms with van der Waals surface area (Å²) in [6.45, 7) is 5.31. The van der Waals surface area contributed by atoms with Gasteiger partial charge >= 0.3 is 0 Å². The molecule has 0 atom stereocenters. The van der Waals surface area contributed by atoms with Gasteiger partial charge in [0.05, 0.1) is 6.10 Å². The molecule has 0 heterocycles. The van der Waals surface area contributed by atoms with E-state index in [1.807, 2.05) is 0 Å². The van der Waals surface area contributed by atoms with Gasteiger partial charge in [-0.25, -0.2) is 0 Å². The van der Waals surface area contributed by atoms with Crippen molar-refractivity contribution in [3.8, 4) is 0 Å². The molecule has 0 aromatic rings. The molecule has 2 fully saturated rings. The lowest BCUT2D eigenvalue weighted by Gasteiger charge is -2.37. The van der Waals surface area contributed by atoms with E-state index in [0.717, 1.165) is 30.8 Å². The van der Waals surface area contributed by atoms with E-state index in [4.69, 9.17) is 4.74 Å². The minimum atomic E-state index is 0.581. The first-order chi connectivity index (χ1) is 9.83. The van der Waals surface area contributed by atoms with Crippen LogP contribution in [0.3, 0.4) is 0 Å².